The van der Waals surface area contributed by atoms with E-state index in [1.165, 1.54) is 0 Å². The van der Waals surface area contributed by atoms with Gasteiger partial charge in [-0.2, -0.15) is 0 Å². The second-order valence-electron chi connectivity index (χ2n) is 1.76. The zero-order valence-electron chi connectivity index (χ0n) is 4.80. The van der Waals surface area contributed by atoms with E-state index in [0.29, 0.717) is 19.5 Å². The van der Waals surface area contributed by atoms with Crippen LogP contribution in [0.3, 0.4) is 0 Å². The lowest BCUT2D eigenvalue weighted by molar-refractivity contribution is -0.172. The molecule has 1 rings (SSSR count). The summed E-state index contributed by atoms with van der Waals surface area (Å²) in [6, 6.07) is 0. The Morgan fingerprint density at radius 3 is 2.33 bits per heavy atom. The first kappa shape index (κ1) is 6.64. The lowest BCUT2D eigenvalue weighted by Gasteiger charge is -2.14. The molecule has 0 aromatic carbocycles. The van der Waals surface area contributed by atoms with Gasteiger partial charge in [0, 0.05) is 0 Å². The molecule has 1 aliphatic rings. The maximum atomic E-state index is 11.9. The number of halogens is 1. The Bertz CT molecular complexity index is 109. The first-order chi connectivity index (χ1) is 4.33. The highest BCUT2D eigenvalue weighted by molar-refractivity contribution is 5.60. The lowest BCUT2D eigenvalue weighted by atomic mass is 10.4. The first-order valence-electron chi connectivity index (χ1n) is 2.63. The van der Waals surface area contributed by atoms with Crippen molar-refractivity contribution < 1.29 is 18.7 Å². The van der Waals surface area contributed by atoms with Crippen molar-refractivity contribution in [1.29, 1.82) is 0 Å². The summed E-state index contributed by atoms with van der Waals surface area (Å²) in [7, 11) is 0. The number of rotatable bonds is 2. The molecule has 1 aliphatic heterocycles. The number of aldehydes is 1. The van der Waals surface area contributed by atoms with Crippen LogP contribution in [0.25, 0.3) is 0 Å². The summed E-state index contributed by atoms with van der Waals surface area (Å²) >= 11 is 0. The maximum Gasteiger partial charge on any atom is 0.255 e. The van der Waals surface area contributed by atoms with Crippen LogP contribution in [0.4, 0.5) is 4.39 Å². The van der Waals surface area contributed by atoms with Crippen molar-refractivity contribution >= 4 is 6.29 Å². The first-order valence-corrected chi connectivity index (χ1v) is 2.63. The van der Waals surface area contributed by atoms with Gasteiger partial charge in [-0.05, 0) is 0 Å². The molecule has 0 radical (unpaired) electrons. The summed E-state index contributed by atoms with van der Waals surface area (Å²) < 4.78 is 21.2. The molecule has 4 heteroatoms. The Balaban J connectivity index is 2.55. The highest BCUT2D eigenvalue weighted by Crippen LogP contribution is 2.16. The summed E-state index contributed by atoms with van der Waals surface area (Å²) in [6.07, 6.45) is 0.347. The molecule has 1 heterocycles. The number of hydrogen-bond donors (Lipinski definition) is 0. The molecule has 52 valence electrons. The van der Waals surface area contributed by atoms with Crippen LogP contribution in [0.15, 0.2) is 0 Å². The Hall–Kier alpha value is -0.480. The van der Waals surface area contributed by atoms with E-state index >= 15 is 0 Å². The number of ether oxygens (including phenoxy) is 2. The van der Waals surface area contributed by atoms with Gasteiger partial charge in [0.2, 0.25) is 0 Å². The molecule has 0 spiro atoms. The highest BCUT2D eigenvalue weighted by Gasteiger charge is 2.36. The largest absolute Gasteiger partial charge is 0.339 e. The molecule has 0 unspecified atom stereocenters. The van der Waals surface area contributed by atoms with Gasteiger partial charge in [0.1, 0.15) is 0 Å². The van der Waals surface area contributed by atoms with Crippen molar-refractivity contribution in [3.05, 3.63) is 0 Å². The molecule has 1 fully saturated rings. The molecule has 0 aromatic heterocycles. The van der Waals surface area contributed by atoms with Gasteiger partial charge in [-0.1, -0.05) is 0 Å². The number of carbonyl (C=O) groups excluding carboxylic acids is 1. The van der Waals surface area contributed by atoms with E-state index in [-0.39, 0.29) is 0 Å². The summed E-state index contributed by atoms with van der Waals surface area (Å²) in [5.74, 6) is -1.57. The quantitative estimate of drug-likeness (QED) is 0.494. The molecule has 3 nitrogen and oxygen atoms in total. The Kier molecular flexibility index (Phi) is 1.78. The predicted octanol–water partition coefficient (Wildman–Crippen LogP) is -0.102. The van der Waals surface area contributed by atoms with Gasteiger partial charge in [0.05, 0.1) is 13.2 Å². The molecule has 0 N–H and O–H groups in total. The fourth-order valence-corrected chi connectivity index (χ4v) is 0.647. The average molecular weight is 134 g/mol. The van der Waals surface area contributed by atoms with Crippen LogP contribution in [0.2, 0.25) is 0 Å². The monoisotopic (exact) mass is 134 g/mol. The van der Waals surface area contributed by atoms with Crippen molar-refractivity contribution in [3.63, 3.8) is 0 Å². The van der Waals surface area contributed by atoms with Crippen molar-refractivity contribution in [1.82, 2.24) is 0 Å². The van der Waals surface area contributed by atoms with Crippen LogP contribution in [0, 0.1) is 0 Å². The van der Waals surface area contributed by atoms with E-state index in [0.717, 1.165) is 0 Å². The van der Waals surface area contributed by atoms with Crippen molar-refractivity contribution in [2.24, 2.45) is 0 Å². The Morgan fingerprint density at radius 1 is 1.56 bits per heavy atom. The molecule has 9 heavy (non-hydrogen) atoms. The lowest BCUT2D eigenvalue weighted by Crippen LogP contribution is -2.34. The van der Waals surface area contributed by atoms with Gasteiger partial charge in [-0.3, -0.25) is 4.79 Å². The molecule has 0 bridgehead atoms. The Labute approximate surface area is 51.7 Å². The normalized spacial score (nSPS) is 24.1. The highest BCUT2D eigenvalue weighted by atomic mass is 19.1. The van der Waals surface area contributed by atoms with Gasteiger partial charge in [-0.15, -0.1) is 0 Å². The van der Waals surface area contributed by atoms with Gasteiger partial charge in [-0.25, -0.2) is 4.39 Å². The smallest absolute Gasteiger partial charge is 0.255 e. The summed E-state index contributed by atoms with van der Waals surface area (Å²) in [5.41, 5.74) is 0. The fourth-order valence-electron chi connectivity index (χ4n) is 0.647. The van der Waals surface area contributed by atoms with E-state index in [4.69, 9.17) is 0 Å². The molecule has 1 saturated heterocycles. The van der Waals surface area contributed by atoms with Crippen LogP contribution in [0.5, 0.6) is 0 Å². The van der Waals surface area contributed by atoms with Crippen molar-refractivity contribution in [2.75, 3.05) is 19.9 Å². The zero-order chi connectivity index (χ0) is 6.74. The third kappa shape index (κ3) is 1.09. The van der Waals surface area contributed by atoms with Gasteiger partial charge >= 0.3 is 0 Å². The van der Waals surface area contributed by atoms with E-state index < -0.39 is 12.5 Å². The van der Waals surface area contributed by atoms with Gasteiger partial charge in [0.15, 0.2) is 13.0 Å². The number of hydrogen-bond acceptors (Lipinski definition) is 3. The predicted molar refractivity (Wildman–Crippen MR) is 26.7 cm³/mol. The average Bonchev–Trinajstić information content (AvgIpc) is 2.36. The van der Waals surface area contributed by atoms with Crippen LogP contribution >= 0.6 is 0 Å². The summed E-state index contributed by atoms with van der Waals surface area (Å²) in [5, 5.41) is 0. The minimum Gasteiger partial charge on any atom is -0.339 e. The molecule has 0 aliphatic carbocycles. The van der Waals surface area contributed by atoms with Crippen molar-refractivity contribution in [2.45, 2.75) is 5.79 Å². The van der Waals surface area contributed by atoms with Crippen LogP contribution in [-0.4, -0.2) is 32.0 Å². The van der Waals surface area contributed by atoms with Crippen LogP contribution in [-0.2, 0) is 14.3 Å². The molecular formula is C5H7FO3. The van der Waals surface area contributed by atoms with E-state index in [9.17, 15) is 9.18 Å². The SMILES string of the molecule is O=CC1(CF)OCCO1. The van der Waals surface area contributed by atoms with Gasteiger partial charge < -0.3 is 9.47 Å². The van der Waals surface area contributed by atoms with E-state index in [2.05, 4.69) is 9.47 Å². The second-order valence-corrected chi connectivity index (χ2v) is 1.76. The molecule has 0 aromatic rings. The Morgan fingerprint density at radius 2 is 2.11 bits per heavy atom. The minimum atomic E-state index is -1.57. The summed E-state index contributed by atoms with van der Waals surface area (Å²) in [4.78, 5) is 10.1. The topological polar surface area (TPSA) is 35.5 Å². The van der Waals surface area contributed by atoms with E-state index in [1.807, 2.05) is 0 Å². The fraction of sp³-hybridized carbons (Fsp3) is 0.800. The maximum absolute atomic E-state index is 11.9. The number of carbonyl (C=O) groups is 1. The molecular weight excluding hydrogens is 127 g/mol. The third-order valence-corrected chi connectivity index (χ3v) is 1.14. The second kappa shape index (κ2) is 2.41. The van der Waals surface area contributed by atoms with E-state index in [1.54, 1.807) is 0 Å². The minimum absolute atomic E-state index is 0.294. The molecule has 0 amide bonds. The van der Waals surface area contributed by atoms with Crippen molar-refractivity contribution in [3.8, 4) is 0 Å². The molecule has 0 atom stereocenters. The third-order valence-electron chi connectivity index (χ3n) is 1.14. The zero-order valence-corrected chi connectivity index (χ0v) is 4.80. The summed E-state index contributed by atoms with van der Waals surface area (Å²) in [6.45, 7) is -0.318. The van der Waals surface area contributed by atoms with Crippen LogP contribution < -0.4 is 0 Å². The number of alkyl halides is 1. The van der Waals surface area contributed by atoms with Gasteiger partial charge in [0.25, 0.3) is 5.79 Å². The molecule has 0 saturated carbocycles. The van der Waals surface area contributed by atoms with Crippen LogP contribution in [0.1, 0.15) is 0 Å². The standard InChI is InChI=1S/C5H7FO3/c6-3-5(4-7)8-1-2-9-5/h4H,1-3H2.